The third-order valence-corrected chi connectivity index (χ3v) is 9.05. The van der Waals surface area contributed by atoms with E-state index in [9.17, 15) is 0 Å². The maximum absolute atomic E-state index is 6.43. The monoisotopic (exact) mass is 587 g/mol. The van der Waals surface area contributed by atoms with Crippen LogP contribution in [0.1, 0.15) is 0 Å². The molecular weight excluding hydrogens is 558 g/mol. The maximum Gasteiger partial charge on any atom is 0.137 e. The van der Waals surface area contributed by atoms with Crippen LogP contribution in [0.2, 0.25) is 0 Å². The molecule has 2 nitrogen and oxygen atoms in total. The Morgan fingerprint density at radius 3 is 1.83 bits per heavy atom. The largest absolute Gasteiger partial charge is 0.456 e. The molecule has 0 fully saturated rings. The van der Waals surface area contributed by atoms with Gasteiger partial charge < -0.3 is 9.32 Å². The normalized spacial score (nSPS) is 11.5. The van der Waals surface area contributed by atoms with Gasteiger partial charge in [0.15, 0.2) is 0 Å². The fourth-order valence-electron chi connectivity index (χ4n) is 6.83. The molecule has 2 heteroatoms. The Morgan fingerprint density at radius 2 is 0.978 bits per heavy atom. The van der Waals surface area contributed by atoms with Crippen molar-refractivity contribution < 1.29 is 4.42 Å². The lowest BCUT2D eigenvalue weighted by atomic mass is 9.97. The van der Waals surface area contributed by atoms with Crippen LogP contribution in [-0.2, 0) is 0 Å². The van der Waals surface area contributed by atoms with Crippen molar-refractivity contribution in [3.05, 3.63) is 176 Å². The Balaban J connectivity index is 1.23. The van der Waals surface area contributed by atoms with E-state index in [2.05, 4.69) is 169 Å². The van der Waals surface area contributed by atoms with Gasteiger partial charge >= 0.3 is 0 Å². The molecule has 216 valence electrons. The second-order valence-corrected chi connectivity index (χ2v) is 11.8. The van der Waals surface area contributed by atoms with E-state index in [1.165, 1.54) is 43.4 Å². The standard InChI is InChI=1S/C44H29NO/c1-4-14-37-30(10-1)13-9-17-39(37)32-22-24-35(25-23-32)45(36-26-27-40-33(28-36)21-20-31-11-2-5-15-38(31)40)42-18-7-6-16-41(42)44-29-34-12-3-8-19-43(34)46-44/h1-29H. The quantitative estimate of drug-likeness (QED) is 0.186. The minimum Gasteiger partial charge on any atom is -0.456 e. The third kappa shape index (κ3) is 4.43. The van der Waals surface area contributed by atoms with Gasteiger partial charge in [-0.2, -0.15) is 0 Å². The number of furan rings is 1. The molecule has 0 unspecified atom stereocenters. The average molecular weight is 588 g/mol. The molecule has 0 radical (unpaired) electrons. The predicted molar refractivity (Wildman–Crippen MR) is 194 cm³/mol. The summed E-state index contributed by atoms with van der Waals surface area (Å²) >= 11 is 0. The SMILES string of the molecule is c1ccc(N(c2ccc(-c3cccc4ccccc34)cc2)c2ccc3c(ccc4ccccc43)c2)c(-c2cc3ccccc3o2)c1. The first-order chi connectivity index (χ1) is 22.8. The Bertz CT molecular complexity index is 2500. The highest BCUT2D eigenvalue weighted by Crippen LogP contribution is 2.44. The van der Waals surface area contributed by atoms with E-state index in [1.807, 2.05) is 12.1 Å². The van der Waals surface area contributed by atoms with Gasteiger partial charge in [-0.3, -0.25) is 0 Å². The minimum atomic E-state index is 0.848. The van der Waals surface area contributed by atoms with Gasteiger partial charge in [0.25, 0.3) is 0 Å². The number of rotatable bonds is 5. The third-order valence-electron chi connectivity index (χ3n) is 9.05. The zero-order valence-electron chi connectivity index (χ0n) is 25.1. The molecule has 0 saturated carbocycles. The predicted octanol–water partition coefficient (Wildman–Crippen LogP) is 12.7. The van der Waals surface area contributed by atoms with Crippen molar-refractivity contribution in [1.82, 2.24) is 0 Å². The lowest BCUT2D eigenvalue weighted by Gasteiger charge is -2.28. The minimum absolute atomic E-state index is 0.848. The first-order valence-corrected chi connectivity index (χ1v) is 15.7. The molecule has 0 amide bonds. The van der Waals surface area contributed by atoms with E-state index >= 15 is 0 Å². The average Bonchev–Trinajstić information content (AvgIpc) is 3.56. The lowest BCUT2D eigenvalue weighted by Crippen LogP contribution is -2.11. The first kappa shape index (κ1) is 26.3. The first-order valence-electron chi connectivity index (χ1n) is 15.7. The van der Waals surface area contributed by atoms with Crippen LogP contribution in [0.4, 0.5) is 17.1 Å². The van der Waals surface area contributed by atoms with E-state index in [0.717, 1.165) is 39.4 Å². The van der Waals surface area contributed by atoms with E-state index in [0.29, 0.717) is 0 Å². The van der Waals surface area contributed by atoms with Crippen molar-refractivity contribution in [3.63, 3.8) is 0 Å². The number of hydrogen-bond donors (Lipinski definition) is 0. The molecule has 0 bridgehead atoms. The molecule has 0 atom stereocenters. The smallest absolute Gasteiger partial charge is 0.137 e. The molecule has 46 heavy (non-hydrogen) atoms. The molecule has 0 aliphatic rings. The van der Waals surface area contributed by atoms with Crippen molar-refractivity contribution in [3.8, 4) is 22.5 Å². The van der Waals surface area contributed by atoms with Gasteiger partial charge in [-0.15, -0.1) is 0 Å². The summed E-state index contributed by atoms with van der Waals surface area (Å²) in [5, 5.41) is 8.56. The second-order valence-electron chi connectivity index (χ2n) is 11.8. The topological polar surface area (TPSA) is 16.4 Å². The summed E-state index contributed by atoms with van der Waals surface area (Å²) in [7, 11) is 0. The Morgan fingerprint density at radius 1 is 0.370 bits per heavy atom. The fraction of sp³-hybridized carbons (Fsp3) is 0. The fourth-order valence-corrected chi connectivity index (χ4v) is 6.83. The summed E-state index contributed by atoms with van der Waals surface area (Å²) in [6.45, 7) is 0. The summed E-state index contributed by atoms with van der Waals surface area (Å²) in [5.74, 6) is 0.848. The highest BCUT2D eigenvalue weighted by molar-refractivity contribution is 6.09. The van der Waals surface area contributed by atoms with Gasteiger partial charge in [-0.1, -0.05) is 127 Å². The van der Waals surface area contributed by atoms with Crippen molar-refractivity contribution in [2.75, 3.05) is 4.90 Å². The molecule has 9 rings (SSSR count). The van der Waals surface area contributed by atoms with Crippen LogP contribution >= 0.6 is 0 Å². The molecule has 1 heterocycles. The van der Waals surface area contributed by atoms with E-state index in [1.54, 1.807) is 0 Å². The number of anilines is 3. The molecule has 1 aromatic heterocycles. The number of fused-ring (bicyclic) bond motifs is 5. The van der Waals surface area contributed by atoms with Crippen molar-refractivity contribution in [2.24, 2.45) is 0 Å². The van der Waals surface area contributed by atoms with E-state index in [4.69, 9.17) is 4.42 Å². The van der Waals surface area contributed by atoms with Crippen molar-refractivity contribution in [1.29, 1.82) is 0 Å². The molecule has 0 aliphatic heterocycles. The number of hydrogen-bond acceptors (Lipinski definition) is 2. The van der Waals surface area contributed by atoms with Gasteiger partial charge in [0, 0.05) is 22.3 Å². The molecule has 8 aromatic carbocycles. The van der Waals surface area contributed by atoms with Crippen LogP contribution in [0.15, 0.2) is 180 Å². The van der Waals surface area contributed by atoms with Gasteiger partial charge in [0.2, 0.25) is 0 Å². The van der Waals surface area contributed by atoms with Gasteiger partial charge in [0.1, 0.15) is 11.3 Å². The Hall–Kier alpha value is -6.12. The molecule has 0 spiro atoms. The van der Waals surface area contributed by atoms with Crippen LogP contribution < -0.4 is 4.90 Å². The lowest BCUT2D eigenvalue weighted by molar-refractivity contribution is 0.631. The van der Waals surface area contributed by atoms with Gasteiger partial charge in [0.05, 0.1) is 5.69 Å². The van der Waals surface area contributed by atoms with Crippen LogP contribution in [0.5, 0.6) is 0 Å². The molecule has 0 N–H and O–H groups in total. The zero-order chi connectivity index (χ0) is 30.5. The summed E-state index contributed by atoms with van der Waals surface area (Å²) in [5.41, 5.74) is 7.57. The summed E-state index contributed by atoms with van der Waals surface area (Å²) in [6, 6.07) is 62.7. The Labute approximate surface area is 267 Å². The highest BCUT2D eigenvalue weighted by atomic mass is 16.3. The van der Waals surface area contributed by atoms with Crippen LogP contribution in [0.25, 0.3) is 65.7 Å². The maximum atomic E-state index is 6.43. The van der Waals surface area contributed by atoms with Crippen LogP contribution in [-0.4, -0.2) is 0 Å². The van der Waals surface area contributed by atoms with E-state index in [-0.39, 0.29) is 0 Å². The number of para-hydroxylation sites is 2. The summed E-state index contributed by atoms with van der Waals surface area (Å²) in [6.07, 6.45) is 0. The van der Waals surface area contributed by atoms with Gasteiger partial charge in [-0.05, 0) is 92.0 Å². The number of benzene rings is 8. The summed E-state index contributed by atoms with van der Waals surface area (Å²) in [4.78, 5) is 2.35. The molecule has 0 saturated heterocycles. The Kier molecular flexibility index (Phi) is 6.17. The second kappa shape index (κ2) is 10.8. The van der Waals surface area contributed by atoms with Crippen molar-refractivity contribution in [2.45, 2.75) is 0 Å². The zero-order valence-corrected chi connectivity index (χ0v) is 25.1. The molecule has 9 aromatic rings. The summed E-state index contributed by atoms with van der Waals surface area (Å²) < 4.78 is 6.43. The van der Waals surface area contributed by atoms with Gasteiger partial charge in [-0.25, -0.2) is 0 Å². The molecular formula is C44H29NO. The highest BCUT2D eigenvalue weighted by Gasteiger charge is 2.20. The van der Waals surface area contributed by atoms with Crippen LogP contribution in [0.3, 0.4) is 0 Å². The van der Waals surface area contributed by atoms with Crippen molar-refractivity contribution >= 4 is 60.3 Å². The molecule has 0 aliphatic carbocycles. The van der Waals surface area contributed by atoms with E-state index < -0.39 is 0 Å². The van der Waals surface area contributed by atoms with Crippen LogP contribution in [0, 0.1) is 0 Å². The number of nitrogens with zero attached hydrogens (tertiary/aromatic N) is 1.